The molecular weight excluding hydrogens is 752 g/mol. The second-order valence-electron chi connectivity index (χ2n) is 10.8. The summed E-state index contributed by atoms with van der Waals surface area (Å²) in [6.45, 7) is 5.83. The van der Waals surface area contributed by atoms with Gasteiger partial charge in [0.1, 0.15) is 5.75 Å². The Labute approximate surface area is 293 Å². The number of nitrogens with one attached hydrogen (secondary N) is 1. The molecule has 0 saturated heterocycles. The van der Waals surface area contributed by atoms with Crippen molar-refractivity contribution in [2.75, 3.05) is 26.1 Å². The Bertz CT molecular complexity index is 2060. The maximum atomic E-state index is 13.9. The van der Waals surface area contributed by atoms with E-state index in [0.717, 1.165) is 22.4 Å². The molecule has 0 spiro atoms. The minimum absolute atomic E-state index is 0.165. The van der Waals surface area contributed by atoms with E-state index in [0.29, 0.717) is 53.4 Å². The average Bonchev–Trinajstić information content (AvgIpc) is 3.06. The summed E-state index contributed by atoms with van der Waals surface area (Å²) in [5, 5.41) is 8.42. The van der Waals surface area contributed by atoms with Crippen molar-refractivity contribution in [3.8, 4) is 28.6 Å². The predicted molar refractivity (Wildman–Crippen MR) is 194 cm³/mol. The molecule has 5 rings (SSSR count). The lowest BCUT2D eigenvalue weighted by Crippen LogP contribution is -2.21. The average molecular weight is 783 g/mol. The monoisotopic (exact) mass is 780 g/mol. The number of carbonyl (C=O) groups excluding carboxylic acids is 1. The SMILES string of the molecule is COc1cc(C)c(-c2nc3ccccc3c(=O)n2N=Cc2cc(OC)c(OCC(=O)Nc3ccc(Cl)cc3)c(Br)c2Br)cc1C(C)C. The molecule has 4 aromatic carbocycles. The van der Waals surface area contributed by atoms with E-state index in [1.165, 1.54) is 18.0 Å². The third kappa shape index (κ3) is 7.37. The number of methoxy groups -OCH3 is 2. The number of aryl methyl sites for hydroxylation is 1. The second kappa shape index (κ2) is 14.7. The van der Waals surface area contributed by atoms with E-state index in [1.54, 1.807) is 49.6 Å². The highest BCUT2D eigenvalue weighted by atomic mass is 79.9. The third-order valence-electron chi connectivity index (χ3n) is 7.36. The molecule has 0 aliphatic heterocycles. The van der Waals surface area contributed by atoms with Gasteiger partial charge in [-0.15, -0.1) is 0 Å². The summed E-state index contributed by atoms with van der Waals surface area (Å²) in [5.74, 6) is 1.61. The summed E-state index contributed by atoms with van der Waals surface area (Å²) in [6, 6.07) is 19.6. The van der Waals surface area contributed by atoms with Crippen molar-refractivity contribution in [1.29, 1.82) is 0 Å². The van der Waals surface area contributed by atoms with Gasteiger partial charge in [0.25, 0.3) is 11.5 Å². The number of halogens is 3. The van der Waals surface area contributed by atoms with Gasteiger partial charge in [-0.25, -0.2) is 4.98 Å². The maximum absolute atomic E-state index is 13.9. The Balaban J connectivity index is 1.54. The van der Waals surface area contributed by atoms with Gasteiger partial charge in [-0.1, -0.05) is 37.6 Å². The number of carbonyl (C=O) groups is 1. The van der Waals surface area contributed by atoms with Gasteiger partial charge in [-0.05, 0) is 110 Å². The first kappa shape index (κ1) is 34.2. The molecule has 0 radical (unpaired) electrons. The lowest BCUT2D eigenvalue weighted by Gasteiger charge is -2.17. The van der Waals surface area contributed by atoms with Gasteiger partial charge in [0.15, 0.2) is 23.9 Å². The maximum Gasteiger partial charge on any atom is 0.282 e. The largest absolute Gasteiger partial charge is 0.496 e. The fourth-order valence-corrected chi connectivity index (χ4v) is 6.01. The minimum atomic E-state index is -0.367. The minimum Gasteiger partial charge on any atom is -0.496 e. The molecule has 1 N–H and O–H groups in total. The van der Waals surface area contributed by atoms with Crippen LogP contribution >= 0.6 is 43.5 Å². The van der Waals surface area contributed by atoms with Gasteiger partial charge in [0.05, 0.1) is 35.8 Å². The topological polar surface area (TPSA) is 104 Å². The molecule has 242 valence electrons. The lowest BCUT2D eigenvalue weighted by atomic mass is 9.96. The van der Waals surface area contributed by atoms with Crippen LogP contribution in [0.4, 0.5) is 5.69 Å². The van der Waals surface area contributed by atoms with Crippen LogP contribution in [0.25, 0.3) is 22.3 Å². The standard InChI is InChI=1S/C35H31Br2ClN4O5/c1-19(2)25-16-26(20(3)14-28(25)45-4)34-41-27-9-7-6-8-24(27)35(44)42(34)39-17-21-15-29(46-5)33(32(37)31(21)36)47-18-30(43)40-23-12-10-22(38)11-13-23/h6-17,19H,18H2,1-5H3,(H,40,43). The Hall–Kier alpha value is -4.19. The van der Waals surface area contributed by atoms with Gasteiger partial charge < -0.3 is 19.5 Å². The molecule has 0 saturated carbocycles. The first-order chi connectivity index (χ1) is 22.5. The number of benzene rings is 4. The zero-order valence-electron chi connectivity index (χ0n) is 26.2. The van der Waals surface area contributed by atoms with Crippen molar-refractivity contribution in [3.05, 3.63) is 108 Å². The van der Waals surface area contributed by atoms with Crippen molar-refractivity contribution in [1.82, 2.24) is 9.66 Å². The van der Waals surface area contributed by atoms with E-state index in [-0.39, 0.29) is 24.0 Å². The van der Waals surface area contributed by atoms with Crippen molar-refractivity contribution in [2.24, 2.45) is 5.10 Å². The first-order valence-corrected chi connectivity index (χ1v) is 16.5. The highest BCUT2D eigenvalue weighted by Gasteiger charge is 2.20. The number of hydrogen-bond donors (Lipinski definition) is 1. The second-order valence-corrected chi connectivity index (χ2v) is 12.9. The van der Waals surface area contributed by atoms with Crippen LogP contribution in [0.5, 0.6) is 17.2 Å². The van der Waals surface area contributed by atoms with Crippen LogP contribution in [0, 0.1) is 6.92 Å². The summed E-state index contributed by atoms with van der Waals surface area (Å²) in [4.78, 5) is 31.4. The van der Waals surface area contributed by atoms with Gasteiger partial charge in [0.2, 0.25) is 0 Å². The molecule has 1 aromatic heterocycles. The fourth-order valence-electron chi connectivity index (χ4n) is 4.94. The van der Waals surface area contributed by atoms with Crippen molar-refractivity contribution < 1.29 is 19.0 Å². The van der Waals surface area contributed by atoms with Crippen LogP contribution < -0.4 is 25.1 Å². The van der Waals surface area contributed by atoms with E-state index in [2.05, 4.69) is 56.1 Å². The van der Waals surface area contributed by atoms with Gasteiger partial charge in [-0.2, -0.15) is 9.78 Å². The summed E-state index contributed by atoms with van der Waals surface area (Å²) < 4.78 is 19.5. The molecule has 0 aliphatic carbocycles. The summed E-state index contributed by atoms with van der Waals surface area (Å²) in [5.41, 5.74) is 4.03. The number of aromatic nitrogens is 2. The molecule has 0 unspecified atom stereocenters. The number of fused-ring (bicyclic) bond motifs is 1. The van der Waals surface area contributed by atoms with E-state index < -0.39 is 0 Å². The number of hydrogen-bond acceptors (Lipinski definition) is 7. The van der Waals surface area contributed by atoms with E-state index in [1.807, 2.05) is 31.2 Å². The molecule has 1 heterocycles. The lowest BCUT2D eigenvalue weighted by molar-refractivity contribution is -0.118. The zero-order chi connectivity index (χ0) is 33.8. The Morgan fingerprint density at radius 1 is 1.02 bits per heavy atom. The van der Waals surface area contributed by atoms with Crippen LogP contribution in [-0.2, 0) is 4.79 Å². The van der Waals surface area contributed by atoms with Gasteiger partial charge in [0, 0.05) is 26.3 Å². The molecule has 0 atom stereocenters. The fraction of sp³-hybridized carbons (Fsp3) is 0.200. The van der Waals surface area contributed by atoms with Crippen LogP contribution in [-0.4, -0.2) is 42.6 Å². The quantitative estimate of drug-likeness (QED) is 0.143. The van der Waals surface area contributed by atoms with Gasteiger partial charge in [-0.3, -0.25) is 9.59 Å². The highest BCUT2D eigenvalue weighted by Crippen LogP contribution is 2.42. The Kier molecular flexibility index (Phi) is 10.7. The first-order valence-electron chi connectivity index (χ1n) is 14.5. The Morgan fingerprint density at radius 3 is 2.40 bits per heavy atom. The van der Waals surface area contributed by atoms with E-state index >= 15 is 0 Å². The number of amides is 1. The summed E-state index contributed by atoms with van der Waals surface area (Å²) in [7, 11) is 3.14. The summed E-state index contributed by atoms with van der Waals surface area (Å²) in [6.07, 6.45) is 1.54. The molecular formula is C35H31Br2ClN4O5. The van der Waals surface area contributed by atoms with Crippen molar-refractivity contribution in [2.45, 2.75) is 26.7 Å². The molecule has 5 aromatic rings. The number of rotatable bonds is 10. The van der Waals surface area contributed by atoms with Crippen molar-refractivity contribution in [3.63, 3.8) is 0 Å². The van der Waals surface area contributed by atoms with Crippen molar-refractivity contribution >= 4 is 72.2 Å². The number of para-hydroxylation sites is 1. The zero-order valence-corrected chi connectivity index (χ0v) is 30.2. The molecule has 1 amide bonds. The van der Waals surface area contributed by atoms with Crippen LogP contribution in [0.3, 0.4) is 0 Å². The Morgan fingerprint density at radius 2 is 1.72 bits per heavy atom. The van der Waals surface area contributed by atoms with Crippen LogP contribution in [0.15, 0.2) is 85.6 Å². The van der Waals surface area contributed by atoms with Crippen LogP contribution in [0.1, 0.15) is 36.5 Å². The van der Waals surface area contributed by atoms with Crippen LogP contribution in [0.2, 0.25) is 5.02 Å². The molecule has 12 heteroatoms. The number of nitrogens with zero attached hydrogens (tertiary/aromatic N) is 3. The van der Waals surface area contributed by atoms with Gasteiger partial charge >= 0.3 is 0 Å². The summed E-state index contributed by atoms with van der Waals surface area (Å²) >= 11 is 13.1. The third-order valence-corrected chi connectivity index (χ3v) is 9.75. The smallest absolute Gasteiger partial charge is 0.282 e. The molecule has 0 fully saturated rings. The molecule has 9 nitrogen and oxygen atoms in total. The molecule has 47 heavy (non-hydrogen) atoms. The van der Waals surface area contributed by atoms with E-state index in [4.69, 9.17) is 30.8 Å². The molecule has 0 bridgehead atoms. The number of ether oxygens (including phenoxy) is 3. The normalized spacial score (nSPS) is 11.3. The van der Waals surface area contributed by atoms with E-state index in [9.17, 15) is 9.59 Å². The predicted octanol–water partition coefficient (Wildman–Crippen LogP) is 8.59. The highest BCUT2D eigenvalue weighted by molar-refractivity contribution is 9.13. The molecule has 0 aliphatic rings. The number of anilines is 1.